The normalized spacial score (nSPS) is 9.47. The monoisotopic (exact) mass is 201 g/mol. The van der Waals surface area contributed by atoms with Gasteiger partial charge >= 0.3 is 0 Å². The van der Waals surface area contributed by atoms with E-state index in [1.807, 2.05) is 12.3 Å². The molecule has 1 aromatic carbocycles. The van der Waals surface area contributed by atoms with E-state index in [1.165, 1.54) is 11.1 Å². The highest BCUT2D eigenvalue weighted by Gasteiger charge is 1.97. The summed E-state index contributed by atoms with van der Waals surface area (Å²) in [7, 11) is 0. The largest absolute Gasteiger partial charge is 0.370 e. The van der Waals surface area contributed by atoms with Gasteiger partial charge in [-0.05, 0) is 25.6 Å². The highest BCUT2D eigenvalue weighted by atomic mass is 15.1. The van der Waals surface area contributed by atoms with E-state index in [9.17, 15) is 0 Å². The lowest BCUT2D eigenvalue weighted by Gasteiger charge is -2.18. The third kappa shape index (κ3) is 4.50. The standard InChI is InChI=1S/C14H19N/c1-4-15(11-10-13(2)3)12-14-8-6-5-7-9-14/h4-10H,1,11-12H2,2-3H3. The number of rotatable bonds is 5. The highest BCUT2D eigenvalue weighted by Crippen LogP contribution is 2.05. The molecule has 0 aliphatic carbocycles. The average Bonchev–Trinajstić information content (AvgIpc) is 2.25. The van der Waals surface area contributed by atoms with Gasteiger partial charge in [0.2, 0.25) is 0 Å². The van der Waals surface area contributed by atoms with Gasteiger partial charge in [-0.15, -0.1) is 0 Å². The van der Waals surface area contributed by atoms with Crippen molar-refractivity contribution < 1.29 is 0 Å². The van der Waals surface area contributed by atoms with Crippen LogP contribution in [0, 0.1) is 0 Å². The van der Waals surface area contributed by atoms with Crippen LogP contribution >= 0.6 is 0 Å². The third-order valence-electron chi connectivity index (χ3n) is 2.22. The zero-order valence-corrected chi connectivity index (χ0v) is 9.61. The molecule has 0 heterocycles. The second-order valence-corrected chi connectivity index (χ2v) is 3.88. The van der Waals surface area contributed by atoms with Crippen molar-refractivity contribution in [2.75, 3.05) is 6.54 Å². The van der Waals surface area contributed by atoms with Gasteiger partial charge in [0.15, 0.2) is 0 Å². The quantitative estimate of drug-likeness (QED) is 0.658. The summed E-state index contributed by atoms with van der Waals surface area (Å²) in [6.45, 7) is 9.92. The molecule has 1 aromatic rings. The Bertz CT molecular complexity index is 320. The molecule has 0 N–H and O–H groups in total. The van der Waals surface area contributed by atoms with Crippen LogP contribution in [0.5, 0.6) is 0 Å². The molecular weight excluding hydrogens is 182 g/mol. The van der Waals surface area contributed by atoms with Gasteiger partial charge in [-0.2, -0.15) is 0 Å². The minimum atomic E-state index is 0.925. The molecule has 0 aromatic heterocycles. The van der Waals surface area contributed by atoms with Crippen LogP contribution in [-0.4, -0.2) is 11.4 Å². The van der Waals surface area contributed by atoms with E-state index in [1.54, 1.807) is 0 Å². The maximum absolute atomic E-state index is 3.83. The Labute approximate surface area is 92.7 Å². The van der Waals surface area contributed by atoms with Crippen molar-refractivity contribution in [1.29, 1.82) is 0 Å². The summed E-state index contributed by atoms with van der Waals surface area (Å²) in [5.41, 5.74) is 2.66. The molecule has 1 rings (SSSR count). The fourth-order valence-electron chi connectivity index (χ4n) is 1.32. The number of hydrogen-bond donors (Lipinski definition) is 0. The minimum absolute atomic E-state index is 0.925. The van der Waals surface area contributed by atoms with E-state index in [0.717, 1.165) is 13.1 Å². The van der Waals surface area contributed by atoms with Gasteiger partial charge in [0.05, 0.1) is 0 Å². The van der Waals surface area contributed by atoms with Crippen molar-refractivity contribution in [1.82, 2.24) is 4.90 Å². The molecule has 0 fully saturated rings. The van der Waals surface area contributed by atoms with Gasteiger partial charge in [0, 0.05) is 13.1 Å². The topological polar surface area (TPSA) is 3.24 Å². The Morgan fingerprint density at radius 3 is 2.47 bits per heavy atom. The van der Waals surface area contributed by atoms with Crippen LogP contribution < -0.4 is 0 Å². The van der Waals surface area contributed by atoms with E-state index < -0.39 is 0 Å². The Morgan fingerprint density at radius 1 is 1.27 bits per heavy atom. The lowest BCUT2D eigenvalue weighted by Crippen LogP contribution is -2.16. The number of nitrogens with zero attached hydrogens (tertiary/aromatic N) is 1. The summed E-state index contributed by atoms with van der Waals surface area (Å²) in [5.74, 6) is 0. The molecule has 1 heteroatoms. The predicted octanol–water partition coefficient (Wildman–Crippen LogP) is 3.60. The highest BCUT2D eigenvalue weighted by molar-refractivity contribution is 5.15. The maximum atomic E-state index is 3.83. The predicted molar refractivity (Wildman–Crippen MR) is 66.5 cm³/mol. The Hall–Kier alpha value is -1.50. The molecule has 80 valence electrons. The van der Waals surface area contributed by atoms with Crippen molar-refractivity contribution in [3.05, 3.63) is 60.3 Å². The summed E-state index contributed by atoms with van der Waals surface area (Å²) in [6, 6.07) is 10.4. The summed E-state index contributed by atoms with van der Waals surface area (Å²) >= 11 is 0. The fourth-order valence-corrected chi connectivity index (χ4v) is 1.32. The zero-order chi connectivity index (χ0) is 11.1. The molecule has 0 radical (unpaired) electrons. The number of hydrogen-bond acceptors (Lipinski definition) is 1. The first-order valence-electron chi connectivity index (χ1n) is 5.26. The van der Waals surface area contributed by atoms with Crippen molar-refractivity contribution >= 4 is 0 Å². The van der Waals surface area contributed by atoms with E-state index in [2.05, 4.69) is 55.7 Å². The Morgan fingerprint density at radius 2 is 1.93 bits per heavy atom. The first-order chi connectivity index (χ1) is 7.22. The van der Waals surface area contributed by atoms with Crippen LogP contribution in [-0.2, 0) is 6.54 Å². The van der Waals surface area contributed by atoms with Gasteiger partial charge in [-0.3, -0.25) is 0 Å². The zero-order valence-electron chi connectivity index (χ0n) is 9.61. The van der Waals surface area contributed by atoms with Crippen LogP contribution in [0.4, 0.5) is 0 Å². The molecule has 0 amide bonds. The maximum Gasteiger partial charge on any atom is 0.0427 e. The molecule has 1 nitrogen and oxygen atoms in total. The van der Waals surface area contributed by atoms with Gasteiger partial charge in [0.1, 0.15) is 0 Å². The summed E-state index contributed by atoms with van der Waals surface area (Å²) in [4.78, 5) is 2.20. The molecule has 0 unspecified atom stereocenters. The molecule has 0 saturated heterocycles. The first kappa shape index (κ1) is 11.6. The smallest absolute Gasteiger partial charge is 0.0427 e. The third-order valence-corrected chi connectivity index (χ3v) is 2.22. The second-order valence-electron chi connectivity index (χ2n) is 3.88. The van der Waals surface area contributed by atoms with E-state index in [4.69, 9.17) is 0 Å². The summed E-state index contributed by atoms with van der Waals surface area (Å²) in [6.07, 6.45) is 4.11. The lowest BCUT2D eigenvalue weighted by molar-refractivity contribution is 0.409. The number of benzene rings is 1. The van der Waals surface area contributed by atoms with Gasteiger partial charge in [-0.25, -0.2) is 0 Å². The molecule has 15 heavy (non-hydrogen) atoms. The molecule has 0 saturated carbocycles. The second kappa shape index (κ2) is 6.07. The average molecular weight is 201 g/mol. The van der Waals surface area contributed by atoms with Crippen molar-refractivity contribution in [3.63, 3.8) is 0 Å². The van der Waals surface area contributed by atoms with E-state index in [0.29, 0.717) is 0 Å². The van der Waals surface area contributed by atoms with Crippen molar-refractivity contribution in [2.45, 2.75) is 20.4 Å². The Balaban J connectivity index is 2.54. The molecular formula is C14H19N. The molecule has 0 atom stereocenters. The Kier molecular flexibility index (Phi) is 4.69. The first-order valence-corrected chi connectivity index (χ1v) is 5.26. The fraction of sp³-hybridized carbons (Fsp3) is 0.286. The van der Waals surface area contributed by atoms with Crippen LogP contribution in [0.15, 0.2) is 54.8 Å². The van der Waals surface area contributed by atoms with E-state index >= 15 is 0 Å². The van der Waals surface area contributed by atoms with Crippen molar-refractivity contribution in [3.8, 4) is 0 Å². The SMILES string of the molecule is C=CN(CC=C(C)C)Cc1ccccc1. The van der Waals surface area contributed by atoms with Crippen LogP contribution in [0.1, 0.15) is 19.4 Å². The molecule has 0 spiro atoms. The molecule has 0 bridgehead atoms. The molecule has 0 aliphatic heterocycles. The van der Waals surface area contributed by atoms with Gasteiger partial charge < -0.3 is 4.90 Å². The van der Waals surface area contributed by atoms with Gasteiger partial charge in [-0.1, -0.05) is 48.6 Å². The van der Waals surface area contributed by atoms with Crippen molar-refractivity contribution in [2.24, 2.45) is 0 Å². The molecule has 0 aliphatic rings. The van der Waals surface area contributed by atoms with Crippen LogP contribution in [0.2, 0.25) is 0 Å². The van der Waals surface area contributed by atoms with Crippen LogP contribution in [0.25, 0.3) is 0 Å². The summed E-state index contributed by atoms with van der Waals surface area (Å²) in [5, 5.41) is 0. The lowest BCUT2D eigenvalue weighted by atomic mass is 10.2. The van der Waals surface area contributed by atoms with E-state index in [-0.39, 0.29) is 0 Å². The number of allylic oxidation sites excluding steroid dienone is 1. The van der Waals surface area contributed by atoms with Gasteiger partial charge in [0.25, 0.3) is 0 Å². The summed E-state index contributed by atoms with van der Waals surface area (Å²) < 4.78 is 0. The van der Waals surface area contributed by atoms with Crippen LogP contribution in [0.3, 0.4) is 0 Å². The minimum Gasteiger partial charge on any atom is -0.370 e.